The highest BCUT2D eigenvalue weighted by Gasteiger charge is 2.51. The van der Waals surface area contributed by atoms with Crippen molar-refractivity contribution in [2.24, 2.45) is 17.8 Å². The maximum absolute atomic E-state index is 12.6. The van der Waals surface area contributed by atoms with Crippen molar-refractivity contribution < 1.29 is 13.7 Å². The number of nitrogens with one attached hydrogen (secondary N) is 2. The van der Waals surface area contributed by atoms with Crippen molar-refractivity contribution in [3.05, 3.63) is 29.3 Å². The molecule has 4 saturated carbocycles. The van der Waals surface area contributed by atoms with Crippen LogP contribution in [-0.4, -0.2) is 16.7 Å². The maximum Gasteiger partial charge on any atom is 0.315 e. The van der Waals surface area contributed by atoms with Gasteiger partial charge in [0.25, 0.3) is 0 Å². The van der Waals surface area contributed by atoms with E-state index in [9.17, 15) is 4.79 Å². The highest BCUT2D eigenvalue weighted by atomic mass is 16.5. The van der Waals surface area contributed by atoms with E-state index in [1.54, 1.807) is 0 Å². The molecule has 0 aromatic carbocycles. The van der Waals surface area contributed by atoms with E-state index in [0.717, 1.165) is 65.6 Å². The van der Waals surface area contributed by atoms with Gasteiger partial charge in [0, 0.05) is 5.54 Å². The first-order valence-corrected chi connectivity index (χ1v) is 10.1. The van der Waals surface area contributed by atoms with Gasteiger partial charge in [-0.3, -0.25) is 0 Å². The second kappa shape index (κ2) is 6.14. The number of urea groups is 1. The molecule has 6 rings (SSSR count). The molecule has 2 aromatic rings. The molecular formula is C21H27N3O3. The zero-order valence-corrected chi connectivity index (χ0v) is 16.0. The Labute approximate surface area is 159 Å². The summed E-state index contributed by atoms with van der Waals surface area (Å²) in [5.41, 5.74) is 1.73. The largest absolute Gasteiger partial charge is 0.459 e. The number of aryl methyl sites for hydroxylation is 2. The Kier molecular flexibility index (Phi) is 3.85. The summed E-state index contributed by atoms with van der Waals surface area (Å²) < 4.78 is 11.1. The fourth-order valence-electron chi connectivity index (χ4n) is 6.16. The number of hydrogen-bond acceptors (Lipinski definition) is 4. The molecule has 4 aliphatic carbocycles. The van der Waals surface area contributed by atoms with Gasteiger partial charge >= 0.3 is 6.03 Å². The molecule has 144 valence electrons. The van der Waals surface area contributed by atoms with Gasteiger partial charge in [-0.15, -0.1) is 0 Å². The van der Waals surface area contributed by atoms with Crippen LogP contribution in [0.1, 0.15) is 55.7 Å². The number of furan rings is 1. The van der Waals surface area contributed by atoms with Crippen LogP contribution in [0.15, 0.2) is 21.1 Å². The van der Waals surface area contributed by atoms with E-state index in [1.165, 1.54) is 19.3 Å². The quantitative estimate of drug-likeness (QED) is 0.841. The summed E-state index contributed by atoms with van der Waals surface area (Å²) in [6.45, 7) is 4.14. The summed E-state index contributed by atoms with van der Waals surface area (Å²) in [6.07, 6.45) is 7.59. The van der Waals surface area contributed by atoms with Gasteiger partial charge in [0.15, 0.2) is 0 Å². The van der Waals surface area contributed by atoms with Crippen LogP contribution in [0, 0.1) is 31.6 Å². The molecule has 2 heterocycles. The smallest absolute Gasteiger partial charge is 0.315 e. The SMILES string of the molecule is Cc1noc(C)c1-c1ccc(CNC(=O)NC23CC4CC(CC(C4)C2)C3)o1. The van der Waals surface area contributed by atoms with Gasteiger partial charge in [-0.25, -0.2) is 4.79 Å². The monoisotopic (exact) mass is 369 g/mol. The molecule has 4 aliphatic rings. The Hall–Kier alpha value is -2.24. The molecule has 2 aromatic heterocycles. The van der Waals surface area contributed by atoms with Gasteiger partial charge in [-0.2, -0.15) is 0 Å². The lowest BCUT2D eigenvalue weighted by Gasteiger charge is -2.56. The van der Waals surface area contributed by atoms with Crippen LogP contribution in [0.2, 0.25) is 0 Å². The molecule has 0 aliphatic heterocycles. The molecule has 6 nitrogen and oxygen atoms in total. The van der Waals surface area contributed by atoms with E-state index in [-0.39, 0.29) is 11.6 Å². The van der Waals surface area contributed by atoms with Gasteiger partial charge < -0.3 is 19.6 Å². The van der Waals surface area contributed by atoms with Gasteiger partial charge in [-0.05, 0) is 82.3 Å². The number of hydrogen-bond donors (Lipinski definition) is 2. The molecule has 0 spiro atoms. The molecule has 4 fully saturated rings. The first kappa shape index (κ1) is 16.9. The Balaban J connectivity index is 1.21. The van der Waals surface area contributed by atoms with Crippen LogP contribution in [-0.2, 0) is 6.54 Å². The number of nitrogens with zero attached hydrogens (tertiary/aromatic N) is 1. The first-order chi connectivity index (χ1) is 13.0. The number of amides is 2. The molecular weight excluding hydrogens is 342 g/mol. The van der Waals surface area contributed by atoms with Crippen molar-refractivity contribution in [3.8, 4) is 11.3 Å². The fourth-order valence-corrected chi connectivity index (χ4v) is 6.16. The third kappa shape index (κ3) is 3.05. The van der Waals surface area contributed by atoms with E-state index in [1.807, 2.05) is 26.0 Å². The average Bonchev–Trinajstić information content (AvgIpc) is 3.17. The van der Waals surface area contributed by atoms with Crippen LogP contribution >= 0.6 is 0 Å². The number of rotatable bonds is 4. The number of carbonyl (C=O) groups is 1. The lowest BCUT2D eigenvalue weighted by Crippen LogP contribution is -2.61. The third-order valence-electron chi connectivity index (χ3n) is 6.78. The summed E-state index contributed by atoms with van der Waals surface area (Å²) in [5, 5.41) is 10.3. The molecule has 4 bridgehead atoms. The highest BCUT2D eigenvalue weighted by molar-refractivity contribution is 5.75. The highest BCUT2D eigenvalue weighted by Crippen LogP contribution is 2.55. The lowest BCUT2D eigenvalue weighted by molar-refractivity contribution is -0.0135. The Morgan fingerprint density at radius 3 is 2.41 bits per heavy atom. The van der Waals surface area contributed by atoms with E-state index < -0.39 is 0 Å². The van der Waals surface area contributed by atoms with Crippen LogP contribution in [0.4, 0.5) is 4.79 Å². The zero-order chi connectivity index (χ0) is 18.6. The molecule has 27 heavy (non-hydrogen) atoms. The molecule has 0 unspecified atom stereocenters. The molecule has 2 amide bonds. The van der Waals surface area contributed by atoms with Gasteiger partial charge in [0.2, 0.25) is 0 Å². The minimum absolute atomic E-state index is 0.0316. The van der Waals surface area contributed by atoms with Gasteiger partial charge in [0.1, 0.15) is 17.3 Å². The Morgan fingerprint density at radius 1 is 1.15 bits per heavy atom. The molecule has 2 N–H and O–H groups in total. The van der Waals surface area contributed by atoms with Crippen molar-refractivity contribution >= 4 is 6.03 Å². The summed E-state index contributed by atoms with van der Waals surface area (Å²) in [5.74, 6) is 4.65. The second-order valence-corrected chi connectivity index (χ2v) is 8.97. The minimum atomic E-state index is -0.0766. The van der Waals surface area contributed by atoms with Crippen molar-refractivity contribution in [2.45, 2.75) is 64.5 Å². The topological polar surface area (TPSA) is 80.3 Å². The van der Waals surface area contributed by atoms with E-state index in [2.05, 4.69) is 15.8 Å². The van der Waals surface area contributed by atoms with E-state index in [0.29, 0.717) is 6.54 Å². The standard InChI is InChI=1S/C21H27N3O3/c1-12-19(13(2)27-24-12)18-4-3-17(26-18)11-22-20(25)23-21-8-14-5-15(9-21)7-16(6-14)10-21/h3-4,14-16H,5-11H2,1-2H3,(H2,22,23,25). The molecule has 0 atom stereocenters. The number of carbonyl (C=O) groups excluding carboxylic acids is 1. The summed E-state index contributed by atoms with van der Waals surface area (Å²) in [6, 6.07) is 3.72. The minimum Gasteiger partial charge on any atom is -0.459 e. The van der Waals surface area contributed by atoms with Crippen molar-refractivity contribution in [1.29, 1.82) is 0 Å². The first-order valence-electron chi connectivity index (χ1n) is 10.1. The van der Waals surface area contributed by atoms with E-state index >= 15 is 0 Å². The molecule has 6 heteroatoms. The molecule has 0 saturated heterocycles. The predicted molar refractivity (Wildman–Crippen MR) is 100.0 cm³/mol. The second-order valence-electron chi connectivity index (χ2n) is 8.97. The summed E-state index contributed by atoms with van der Waals surface area (Å²) in [4.78, 5) is 12.6. The average molecular weight is 369 g/mol. The van der Waals surface area contributed by atoms with Gasteiger partial charge in [-0.1, -0.05) is 5.16 Å². The van der Waals surface area contributed by atoms with Crippen LogP contribution in [0.5, 0.6) is 0 Å². The zero-order valence-electron chi connectivity index (χ0n) is 16.0. The van der Waals surface area contributed by atoms with E-state index in [4.69, 9.17) is 8.94 Å². The van der Waals surface area contributed by atoms with Crippen LogP contribution < -0.4 is 10.6 Å². The Morgan fingerprint density at radius 2 is 1.81 bits per heavy atom. The predicted octanol–water partition coefficient (Wildman–Crippen LogP) is 4.32. The Bertz CT molecular complexity index is 811. The van der Waals surface area contributed by atoms with Crippen molar-refractivity contribution in [1.82, 2.24) is 15.8 Å². The molecule has 0 radical (unpaired) electrons. The maximum atomic E-state index is 12.6. The summed E-state index contributed by atoms with van der Waals surface area (Å²) in [7, 11) is 0. The van der Waals surface area contributed by atoms with Crippen LogP contribution in [0.3, 0.4) is 0 Å². The van der Waals surface area contributed by atoms with Crippen molar-refractivity contribution in [2.75, 3.05) is 0 Å². The summed E-state index contributed by atoms with van der Waals surface area (Å²) >= 11 is 0. The number of aromatic nitrogens is 1. The third-order valence-corrected chi connectivity index (χ3v) is 6.78. The van der Waals surface area contributed by atoms with Gasteiger partial charge in [0.05, 0.1) is 17.8 Å². The fraction of sp³-hybridized carbons (Fsp3) is 0.619. The normalized spacial score (nSPS) is 31.3. The van der Waals surface area contributed by atoms with Crippen molar-refractivity contribution in [3.63, 3.8) is 0 Å². The lowest BCUT2D eigenvalue weighted by atomic mass is 9.53. The van der Waals surface area contributed by atoms with Crippen LogP contribution in [0.25, 0.3) is 11.3 Å².